The Morgan fingerprint density at radius 3 is 2.53 bits per heavy atom. The van der Waals surface area contributed by atoms with E-state index < -0.39 is 0 Å². The SMILES string of the molecule is COc1cc(/C=C2\SC(=O)N(c3ccccc3)C2=O)cc(Br)c1OCc1cccc(C)c1. The van der Waals surface area contributed by atoms with Gasteiger partial charge in [-0.05, 0) is 76.1 Å². The predicted octanol–water partition coefficient (Wildman–Crippen LogP) is 6.59. The molecule has 0 aliphatic carbocycles. The zero-order chi connectivity index (χ0) is 22.7. The van der Waals surface area contributed by atoms with Crippen molar-refractivity contribution in [3.05, 3.63) is 92.8 Å². The van der Waals surface area contributed by atoms with E-state index in [1.807, 2.05) is 37.3 Å². The lowest BCUT2D eigenvalue weighted by Gasteiger charge is -2.14. The molecule has 0 atom stereocenters. The molecule has 32 heavy (non-hydrogen) atoms. The number of carbonyl (C=O) groups is 2. The number of amides is 2. The van der Waals surface area contributed by atoms with Crippen molar-refractivity contribution in [1.29, 1.82) is 0 Å². The van der Waals surface area contributed by atoms with Crippen molar-refractivity contribution < 1.29 is 19.1 Å². The van der Waals surface area contributed by atoms with E-state index in [-0.39, 0.29) is 11.1 Å². The average Bonchev–Trinajstić information content (AvgIpc) is 3.06. The number of imide groups is 1. The number of rotatable bonds is 6. The number of benzene rings is 3. The third-order valence-corrected chi connectivity index (χ3v) is 6.28. The highest BCUT2D eigenvalue weighted by atomic mass is 79.9. The molecule has 3 aromatic carbocycles. The first kappa shape index (κ1) is 22.2. The standard InChI is InChI=1S/C25H20BrNO4S/c1-16-7-6-8-17(11-16)15-31-23-20(26)12-18(13-21(23)30-2)14-22-24(28)27(25(29)32-22)19-9-4-3-5-10-19/h3-14H,15H2,1-2H3/b22-14-. The monoisotopic (exact) mass is 509 g/mol. The zero-order valence-corrected chi connectivity index (χ0v) is 19.9. The van der Waals surface area contributed by atoms with Crippen LogP contribution < -0.4 is 14.4 Å². The highest BCUT2D eigenvalue weighted by Gasteiger charge is 2.36. The first-order valence-electron chi connectivity index (χ1n) is 9.85. The van der Waals surface area contributed by atoms with Gasteiger partial charge in [0.25, 0.3) is 11.1 Å². The molecule has 0 N–H and O–H groups in total. The van der Waals surface area contributed by atoms with Crippen LogP contribution in [0.15, 0.2) is 76.1 Å². The molecular formula is C25H20BrNO4S. The summed E-state index contributed by atoms with van der Waals surface area (Å²) in [5.74, 6) is 0.755. The van der Waals surface area contributed by atoms with Crippen LogP contribution in [0.3, 0.4) is 0 Å². The summed E-state index contributed by atoms with van der Waals surface area (Å²) in [4.78, 5) is 26.8. The van der Waals surface area contributed by atoms with Gasteiger partial charge in [0, 0.05) is 0 Å². The van der Waals surface area contributed by atoms with Gasteiger partial charge in [-0.3, -0.25) is 9.59 Å². The summed E-state index contributed by atoms with van der Waals surface area (Å²) in [6.07, 6.45) is 1.69. The molecule has 0 radical (unpaired) electrons. The van der Waals surface area contributed by atoms with Crippen molar-refractivity contribution in [2.75, 3.05) is 12.0 Å². The molecule has 0 unspecified atom stereocenters. The van der Waals surface area contributed by atoms with Crippen LogP contribution >= 0.6 is 27.7 Å². The zero-order valence-electron chi connectivity index (χ0n) is 17.5. The third-order valence-electron chi connectivity index (χ3n) is 4.82. The van der Waals surface area contributed by atoms with E-state index in [1.54, 1.807) is 43.5 Å². The number of nitrogens with zero attached hydrogens (tertiary/aromatic N) is 1. The molecule has 0 bridgehead atoms. The first-order valence-corrected chi connectivity index (χ1v) is 11.5. The van der Waals surface area contributed by atoms with Gasteiger partial charge in [-0.25, -0.2) is 4.90 Å². The Morgan fingerprint density at radius 1 is 1.03 bits per heavy atom. The quantitative estimate of drug-likeness (QED) is 0.351. The van der Waals surface area contributed by atoms with E-state index in [0.717, 1.165) is 28.5 Å². The second kappa shape index (κ2) is 9.63. The Labute approximate surface area is 199 Å². The van der Waals surface area contributed by atoms with Gasteiger partial charge in [0.05, 0.1) is 22.2 Å². The fourth-order valence-electron chi connectivity index (χ4n) is 3.34. The largest absolute Gasteiger partial charge is 0.493 e. The highest BCUT2D eigenvalue weighted by molar-refractivity contribution is 9.10. The van der Waals surface area contributed by atoms with E-state index in [0.29, 0.717) is 33.2 Å². The Kier molecular flexibility index (Phi) is 6.67. The van der Waals surface area contributed by atoms with Gasteiger partial charge in [-0.15, -0.1) is 0 Å². The normalized spacial score (nSPS) is 14.8. The number of thioether (sulfide) groups is 1. The van der Waals surface area contributed by atoms with Crippen LogP contribution in [0, 0.1) is 6.92 Å². The van der Waals surface area contributed by atoms with E-state index in [9.17, 15) is 9.59 Å². The molecule has 0 saturated carbocycles. The molecule has 1 fully saturated rings. The number of anilines is 1. The molecule has 1 saturated heterocycles. The van der Waals surface area contributed by atoms with Crippen LogP contribution in [0.5, 0.6) is 11.5 Å². The van der Waals surface area contributed by atoms with E-state index in [2.05, 4.69) is 22.0 Å². The Hall–Kier alpha value is -3.03. The van der Waals surface area contributed by atoms with Crippen molar-refractivity contribution in [1.82, 2.24) is 0 Å². The highest BCUT2D eigenvalue weighted by Crippen LogP contribution is 2.40. The molecule has 0 aromatic heterocycles. The average molecular weight is 510 g/mol. The summed E-state index contributed by atoms with van der Waals surface area (Å²) in [6.45, 7) is 2.43. The fourth-order valence-corrected chi connectivity index (χ4v) is 4.75. The molecule has 1 aliphatic heterocycles. The molecular weight excluding hydrogens is 490 g/mol. The van der Waals surface area contributed by atoms with Crippen molar-refractivity contribution in [2.45, 2.75) is 13.5 Å². The Morgan fingerprint density at radius 2 is 1.81 bits per heavy atom. The summed E-state index contributed by atoms with van der Waals surface area (Å²) in [7, 11) is 1.56. The van der Waals surface area contributed by atoms with E-state index in [1.165, 1.54) is 4.90 Å². The molecule has 7 heteroatoms. The smallest absolute Gasteiger partial charge is 0.298 e. The van der Waals surface area contributed by atoms with Gasteiger partial charge >= 0.3 is 0 Å². The first-order chi connectivity index (χ1) is 15.5. The van der Waals surface area contributed by atoms with Crippen LogP contribution in [0.25, 0.3) is 6.08 Å². The number of hydrogen-bond donors (Lipinski definition) is 0. The van der Waals surface area contributed by atoms with Crippen LogP contribution in [0.2, 0.25) is 0 Å². The second-order valence-electron chi connectivity index (χ2n) is 7.16. The van der Waals surface area contributed by atoms with Crippen LogP contribution in [-0.2, 0) is 11.4 Å². The molecule has 1 heterocycles. The molecule has 4 rings (SSSR count). The summed E-state index contributed by atoms with van der Waals surface area (Å²) in [5.41, 5.74) is 3.49. The molecule has 5 nitrogen and oxygen atoms in total. The Balaban J connectivity index is 1.58. The number of hydrogen-bond acceptors (Lipinski definition) is 5. The molecule has 0 spiro atoms. The lowest BCUT2D eigenvalue weighted by molar-refractivity contribution is -0.113. The van der Waals surface area contributed by atoms with Gasteiger partial charge in [0.2, 0.25) is 0 Å². The molecule has 2 amide bonds. The maximum atomic E-state index is 12.9. The number of ether oxygens (including phenoxy) is 2. The minimum Gasteiger partial charge on any atom is -0.493 e. The van der Waals surface area contributed by atoms with Crippen LogP contribution in [-0.4, -0.2) is 18.3 Å². The third kappa shape index (κ3) is 4.74. The predicted molar refractivity (Wildman–Crippen MR) is 131 cm³/mol. The number of carbonyl (C=O) groups excluding carboxylic acids is 2. The maximum absolute atomic E-state index is 12.9. The van der Waals surface area contributed by atoms with Gasteiger partial charge in [0.15, 0.2) is 11.5 Å². The van der Waals surface area contributed by atoms with Gasteiger partial charge in [-0.2, -0.15) is 0 Å². The number of aryl methyl sites for hydroxylation is 1. The van der Waals surface area contributed by atoms with Crippen molar-refractivity contribution in [3.63, 3.8) is 0 Å². The summed E-state index contributed by atoms with van der Waals surface area (Å²) < 4.78 is 12.2. The van der Waals surface area contributed by atoms with Gasteiger partial charge < -0.3 is 9.47 Å². The van der Waals surface area contributed by atoms with Crippen LogP contribution in [0.4, 0.5) is 10.5 Å². The lowest BCUT2D eigenvalue weighted by Crippen LogP contribution is -2.27. The summed E-state index contributed by atoms with van der Waals surface area (Å²) >= 11 is 4.46. The Bertz CT molecular complexity index is 1210. The van der Waals surface area contributed by atoms with Crippen molar-refractivity contribution >= 4 is 50.6 Å². The van der Waals surface area contributed by atoms with Gasteiger partial charge in [0.1, 0.15) is 6.61 Å². The minimum atomic E-state index is -0.346. The lowest BCUT2D eigenvalue weighted by atomic mass is 10.1. The molecule has 3 aromatic rings. The minimum absolute atomic E-state index is 0.323. The van der Waals surface area contributed by atoms with Crippen molar-refractivity contribution in [2.24, 2.45) is 0 Å². The van der Waals surface area contributed by atoms with Crippen LogP contribution in [0.1, 0.15) is 16.7 Å². The number of halogens is 1. The molecule has 1 aliphatic rings. The topological polar surface area (TPSA) is 55.8 Å². The van der Waals surface area contributed by atoms with E-state index in [4.69, 9.17) is 9.47 Å². The van der Waals surface area contributed by atoms with E-state index >= 15 is 0 Å². The second-order valence-corrected chi connectivity index (χ2v) is 9.01. The number of methoxy groups -OCH3 is 1. The van der Waals surface area contributed by atoms with Gasteiger partial charge in [-0.1, -0.05) is 48.0 Å². The maximum Gasteiger partial charge on any atom is 0.298 e. The molecule has 162 valence electrons. The summed E-state index contributed by atoms with van der Waals surface area (Å²) in [6, 6.07) is 20.6. The van der Waals surface area contributed by atoms with Crippen molar-refractivity contribution in [3.8, 4) is 11.5 Å². The fraction of sp³-hybridized carbons (Fsp3) is 0.120. The summed E-state index contributed by atoms with van der Waals surface area (Å²) in [5, 5.41) is -0.323. The number of para-hydroxylation sites is 1.